The van der Waals surface area contributed by atoms with Gasteiger partial charge in [0, 0.05) is 18.3 Å². The van der Waals surface area contributed by atoms with Crippen molar-refractivity contribution < 1.29 is 13.2 Å². The zero-order chi connectivity index (χ0) is 16.0. The van der Waals surface area contributed by atoms with Crippen LogP contribution in [0, 0.1) is 6.92 Å². The second kappa shape index (κ2) is 7.69. The molecule has 0 amide bonds. The number of hydrogen-bond donors (Lipinski definition) is 1. The monoisotopic (exact) mass is 302 g/mol. The van der Waals surface area contributed by atoms with E-state index in [1.54, 1.807) is 19.9 Å². The van der Waals surface area contributed by atoms with E-state index in [0.29, 0.717) is 5.69 Å². The standard InChI is InChI=1S/C16H25F3N2/c1-5-8-20-10-14-6-7-15(9-13(14)4)21(12(2)3)11-16(17,18)19/h6-7,9,12,20H,5,8,10-11H2,1-4H3. The van der Waals surface area contributed by atoms with E-state index >= 15 is 0 Å². The molecule has 0 fully saturated rings. The first-order chi connectivity index (χ1) is 9.74. The number of hydrogen-bond acceptors (Lipinski definition) is 2. The van der Waals surface area contributed by atoms with Crippen molar-refractivity contribution in [2.24, 2.45) is 0 Å². The summed E-state index contributed by atoms with van der Waals surface area (Å²) in [6.45, 7) is 8.36. The van der Waals surface area contributed by atoms with Gasteiger partial charge in [-0.3, -0.25) is 0 Å². The van der Waals surface area contributed by atoms with E-state index in [0.717, 1.165) is 30.6 Å². The Morgan fingerprint density at radius 2 is 1.90 bits per heavy atom. The third-order valence-corrected chi connectivity index (χ3v) is 3.37. The molecule has 1 aromatic rings. The smallest absolute Gasteiger partial charge is 0.360 e. The van der Waals surface area contributed by atoms with E-state index in [1.807, 2.05) is 19.1 Å². The molecule has 0 radical (unpaired) electrons. The van der Waals surface area contributed by atoms with Gasteiger partial charge >= 0.3 is 6.18 Å². The quantitative estimate of drug-likeness (QED) is 0.757. The van der Waals surface area contributed by atoms with Gasteiger partial charge in [-0.15, -0.1) is 0 Å². The van der Waals surface area contributed by atoms with E-state index in [9.17, 15) is 13.2 Å². The third-order valence-electron chi connectivity index (χ3n) is 3.37. The van der Waals surface area contributed by atoms with Gasteiger partial charge in [-0.25, -0.2) is 0 Å². The summed E-state index contributed by atoms with van der Waals surface area (Å²) in [5, 5.41) is 3.31. The van der Waals surface area contributed by atoms with E-state index < -0.39 is 12.7 Å². The van der Waals surface area contributed by atoms with E-state index in [-0.39, 0.29) is 6.04 Å². The van der Waals surface area contributed by atoms with Crippen molar-refractivity contribution >= 4 is 5.69 Å². The van der Waals surface area contributed by atoms with Crippen LogP contribution < -0.4 is 10.2 Å². The number of nitrogens with one attached hydrogen (secondary N) is 1. The highest BCUT2D eigenvalue weighted by Gasteiger charge is 2.32. The lowest BCUT2D eigenvalue weighted by atomic mass is 10.1. The van der Waals surface area contributed by atoms with Gasteiger partial charge in [0.1, 0.15) is 6.54 Å². The van der Waals surface area contributed by atoms with Gasteiger partial charge in [0.25, 0.3) is 0 Å². The lowest BCUT2D eigenvalue weighted by molar-refractivity contribution is -0.120. The molecule has 0 heterocycles. The highest BCUT2D eigenvalue weighted by Crippen LogP contribution is 2.26. The lowest BCUT2D eigenvalue weighted by Crippen LogP contribution is -2.39. The van der Waals surface area contributed by atoms with Crippen LogP contribution in [0.25, 0.3) is 0 Å². The van der Waals surface area contributed by atoms with Crippen molar-refractivity contribution in [3.05, 3.63) is 29.3 Å². The minimum absolute atomic E-state index is 0.199. The zero-order valence-electron chi connectivity index (χ0n) is 13.2. The predicted molar refractivity (Wildman–Crippen MR) is 81.7 cm³/mol. The molecule has 1 rings (SSSR count). The Balaban J connectivity index is 2.88. The first-order valence-corrected chi connectivity index (χ1v) is 7.38. The fraction of sp³-hybridized carbons (Fsp3) is 0.625. The summed E-state index contributed by atoms with van der Waals surface area (Å²) < 4.78 is 38.1. The molecule has 0 aliphatic heterocycles. The molecule has 120 valence electrons. The molecule has 1 aromatic carbocycles. The molecule has 0 spiro atoms. The largest absolute Gasteiger partial charge is 0.405 e. The minimum Gasteiger partial charge on any atom is -0.360 e. The second-order valence-corrected chi connectivity index (χ2v) is 5.62. The number of nitrogens with zero attached hydrogens (tertiary/aromatic N) is 1. The molecule has 0 bridgehead atoms. The average Bonchev–Trinajstić information content (AvgIpc) is 2.37. The molecule has 0 aromatic heterocycles. The molecule has 0 aliphatic carbocycles. The molecule has 21 heavy (non-hydrogen) atoms. The number of anilines is 1. The molecule has 0 saturated heterocycles. The predicted octanol–water partition coefficient (Wildman–Crippen LogP) is 4.27. The van der Waals surface area contributed by atoms with Gasteiger partial charge in [-0.2, -0.15) is 13.2 Å². The fourth-order valence-corrected chi connectivity index (χ4v) is 2.22. The Kier molecular flexibility index (Phi) is 6.52. The van der Waals surface area contributed by atoms with Crippen molar-refractivity contribution in [3.8, 4) is 0 Å². The van der Waals surface area contributed by atoms with Crippen LogP contribution in [0.1, 0.15) is 38.3 Å². The van der Waals surface area contributed by atoms with Crippen molar-refractivity contribution in [3.63, 3.8) is 0 Å². The summed E-state index contributed by atoms with van der Waals surface area (Å²) in [5.41, 5.74) is 2.77. The van der Waals surface area contributed by atoms with Gasteiger partial charge in [-0.1, -0.05) is 13.0 Å². The minimum atomic E-state index is -4.19. The van der Waals surface area contributed by atoms with Crippen molar-refractivity contribution in [1.82, 2.24) is 5.32 Å². The zero-order valence-corrected chi connectivity index (χ0v) is 13.2. The normalized spacial score (nSPS) is 12.0. The molecular formula is C16H25F3N2. The molecule has 1 N–H and O–H groups in total. The van der Waals surface area contributed by atoms with Crippen LogP contribution >= 0.6 is 0 Å². The number of halogens is 3. The summed E-state index contributed by atoms with van der Waals surface area (Å²) in [6.07, 6.45) is -3.14. The molecule has 0 atom stereocenters. The Morgan fingerprint density at radius 3 is 2.38 bits per heavy atom. The molecule has 0 saturated carbocycles. The van der Waals surface area contributed by atoms with Crippen LogP contribution in [0.3, 0.4) is 0 Å². The van der Waals surface area contributed by atoms with Crippen LogP contribution in [0.5, 0.6) is 0 Å². The molecule has 0 unspecified atom stereocenters. The SMILES string of the molecule is CCCNCc1ccc(N(CC(F)(F)F)C(C)C)cc1C. The Labute approximate surface area is 125 Å². The maximum atomic E-state index is 12.7. The summed E-state index contributed by atoms with van der Waals surface area (Å²) >= 11 is 0. The van der Waals surface area contributed by atoms with Gasteiger partial charge < -0.3 is 10.2 Å². The number of aryl methyl sites for hydroxylation is 1. The molecule has 5 heteroatoms. The third kappa shape index (κ3) is 5.96. The Hall–Kier alpha value is -1.23. The highest BCUT2D eigenvalue weighted by atomic mass is 19.4. The van der Waals surface area contributed by atoms with Crippen LogP contribution in [-0.4, -0.2) is 25.3 Å². The first-order valence-electron chi connectivity index (χ1n) is 7.38. The van der Waals surface area contributed by atoms with Gasteiger partial charge in [0.15, 0.2) is 0 Å². The first kappa shape index (κ1) is 17.8. The molecular weight excluding hydrogens is 277 g/mol. The number of rotatable bonds is 7. The lowest BCUT2D eigenvalue weighted by Gasteiger charge is -2.30. The summed E-state index contributed by atoms with van der Waals surface area (Å²) in [5.74, 6) is 0. The number of alkyl halides is 3. The topological polar surface area (TPSA) is 15.3 Å². The summed E-state index contributed by atoms with van der Waals surface area (Å²) in [6, 6.07) is 5.34. The number of benzene rings is 1. The Morgan fingerprint density at radius 1 is 1.24 bits per heavy atom. The van der Waals surface area contributed by atoms with Crippen LogP contribution in [0.4, 0.5) is 18.9 Å². The maximum Gasteiger partial charge on any atom is 0.405 e. The van der Waals surface area contributed by atoms with E-state index in [2.05, 4.69) is 12.2 Å². The van der Waals surface area contributed by atoms with Crippen molar-refractivity contribution in [2.45, 2.75) is 52.9 Å². The summed E-state index contributed by atoms with van der Waals surface area (Å²) in [7, 11) is 0. The van der Waals surface area contributed by atoms with Crippen LogP contribution in [0.2, 0.25) is 0 Å². The van der Waals surface area contributed by atoms with Crippen molar-refractivity contribution in [2.75, 3.05) is 18.0 Å². The second-order valence-electron chi connectivity index (χ2n) is 5.62. The average molecular weight is 302 g/mol. The Bertz CT molecular complexity index is 442. The van der Waals surface area contributed by atoms with Crippen LogP contribution in [0.15, 0.2) is 18.2 Å². The van der Waals surface area contributed by atoms with Gasteiger partial charge in [-0.05, 0) is 57.0 Å². The summed E-state index contributed by atoms with van der Waals surface area (Å²) in [4.78, 5) is 1.39. The van der Waals surface area contributed by atoms with Crippen molar-refractivity contribution in [1.29, 1.82) is 0 Å². The van der Waals surface area contributed by atoms with E-state index in [1.165, 1.54) is 4.90 Å². The molecule has 0 aliphatic rings. The molecule has 2 nitrogen and oxygen atoms in total. The van der Waals surface area contributed by atoms with Gasteiger partial charge in [0.05, 0.1) is 0 Å². The van der Waals surface area contributed by atoms with Gasteiger partial charge in [0.2, 0.25) is 0 Å². The van der Waals surface area contributed by atoms with E-state index in [4.69, 9.17) is 0 Å². The highest BCUT2D eigenvalue weighted by molar-refractivity contribution is 5.51. The fourth-order valence-electron chi connectivity index (χ4n) is 2.22. The maximum absolute atomic E-state index is 12.7. The van der Waals surface area contributed by atoms with Crippen LogP contribution in [-0.2, 0) is 6.54 Å².